The number of aromatic nitrogens is 3. The Morgan fingerprint density at radius 1 is 1.24 bits per heavy atom. The summed E-state index contributed by atoms with van der Waals surface area (Å²) in [6.45, 7) is 1.81. The van der Waals surface area contributed by atoms with Crippen molar-refractivity contribution in [2.75, 3.05) is 4.72 Å². The second-order valence-corrected chi connectivity index (χ2v) is 7.18. The highest BCUT2D eigenvalue weighted by Crippen LogP contribution is 2.22. The summed E-state index contributed by atoms with van der Waals surface area (Å²) in [6, 6.07) is 8.47. The normalized spacial score (nSPS) is 11.5. The van der Waals surface area contributed by atoms with Gasteiger partial charge in [0.25, 0.3) is 10.0 Å². The lowest BCUT2D eigenvalue weighted by molar-refractivity contribution is 0.602. The predicted molar refractivity (Wildman–Crippen MR) is 81.2 cm³/mol. The number of hydrogen-bond donors (Lipinski definition) is 1. The van der Waals surface area contributed by atoms with Crippen LogP contribution in [0, 0.1) is 6.92 Å². The smallest absolute Gasteiger partial charge is 0.265 e. The second-order valence-electron chi connectivity index (χ2n) is 4.33. The number of pyridine rings is 1. The van der Waals surface area contributed by atoms with Gasteiger partial charge in [0, 0.05) is 18.5 Å². The Morgan fingerprint density at radius 3 is 2.67 bits per heavy atom. The van der Waals surface area contributed by atoms with E-state index in [4.69, 9.17) is 0 Å². The minimum atomic E-state index is -3.60. The van der Waals surface area contributed by atoms with Crippen LogP contribution in [0.4, 0.5) is 5.82 Å². The maximum atomic E-state index is 12.3. The summed E-state index contributed by atoms with van der Waals surface area (Å²) in [5, 5.41) is 6.03. The van der Waals surface area contributed by atoms with Gasteiger partial charge in [0.1, 0.15) is 10.0 Å². The van der Waals surface area contributed by atoms with E-state index < -0.39 is 10.0 Å². The van der Waals surface area contributed by atoms with Crippen LogP contribution in [-0.4, -0.2) is 23.2 Å². The zero-order valence-electron chi connectivity index (χ0n) is 11.1. The third-order valence-corrected chi connectivity index (χ3v) is 5.49. The van der Waals surface area contributed by atoms with E-state index in [1.807, 2.05) is 0 Å². The molecule has 0 amide bonds. The Balaban J connectivity index is 2.01. The Bertz CT molecular complexity index is 840. The molecule has 21 heavy (non-hydrogen) atoms. The number of anilines is 1. The summed E-state index contributed by atoms with van der Waals surface area (Å²) in [5.41, 5.74) is 1.46. The largest absolute Gasteiger partial charge is 0.272 e. The molecular weight excluding hydrogens is 308 g/mol. The lowest BCUT2D eigenvalue weighted by atomic mass is 10.4. The quantitative estimate of drug-likeness (QED) is 0.801. The van der Waals surface area contributed by atoms with Crippen molar-refractivity contribution in [3.8, 4) is 5.69 Å². The SMILES string of the molecule is Cc1cc(NS(=O)(=O)c2cccs2)n(-c2ccncc2)n1. The summed E-state index contributed by atoms with van der Waals surface area (Å²) in [5.74, 6) is 0.395. The third kappa shape index (κ3) is 2.81. The summed E-state index contributed by atoms with van der Waals surface area (Å²) >= 11 is 1.17. The van der Waals surface area contributed by atoms with Crippen molar-refractivity contribution >= 4 is 27.2 Å². The first kappa shape index (κ1) is 13.8. The lowest BCUT2D eigenvalue weighted by Crippen LogP contribution is -2.14. The van der Waals surface area contributed by atoms with Crippen LogP contribution in [0.3, 0.4) is 0 Å². The predicted octanol–water partition coefficient (Wildman–Crippen LogP) is 2.44. The highest BCUT2D eigenvalue weighted by atomic mass is 32.2. The molecule has 0 fully saturated rings. The van der Waals surface area contributed by atoms with Crippen molar-refractivity contribution in [1.29, 1.82) is 0 Å². The van der Waals surface area contributed by atoms with Crippen molar-refractivity contribution < 1.29 is 8.42 Å². The van der Waals surface area contributed by atoms with Gasteiger partial charge in [0.15, 0.2) is 0 Å². The average molecular weight is 320 g/mol. The van der Waals surface area contributed by atoms with Crippen LogP contribution >= 0.6 is 11.3 Å². The van der Waals surface area contributed by atoms with E-state index in [1.165, 1.54) is 11.3 Å². The number of thiophene rings is 1. The topological polar surface area (TPSA) is 76.9 Å². The summed E-state index contributed by atoms with van der Waals surface area (Å²) in [6.07, 6.45) is 3.26. The molecule has 0 bridgehead atoms. The third-order valence-electron chi connectivity index (χ3n) is 2.74. The van der Waals surface area contributed by atoms with Crippen LogP contribution in [0.1, 0.15) is 5.69 Å². The van der Waals surface area contributed by atoms with Crippen molar-refractivity contribution in [3.05, 3.63) is 53.8 Å². The van der Waals surface area contributed by atoms with E-state index in [9.17, 15) is 8.42 Å². The molecule has 0 radical (unpaired) electrons. The fourth-order valence-corrected chi connectivity index (χ4v) is 3.88. The van der Waals surface area contributed by atoms with Crippen LogP contribution in [0.2, 0.25) is 0 Å². The van der Waals surface area contributed by atoms with Crippen LogP contribution in [-0.2, 0) is 10.0 Å². The molecule has 0 aromatic carbocycles. The maximum absolute atomic E-state index is 12.3. The molecule has 108 valence electrons. The van der Waals surface area contributed by atoms with Gasteiger partial charge >= 0.3 is 0 Å². The van der Waals surface area contributed by atoms with Gasteiger partial charge in [0.05, 0.1) is 11.4 Å². The molecule has 1 N–H and O–H groups in total. The molecule has 3 aromatic rings. The van der Waals surface area contributed by atoms with E-state index in [-0.39, 0.29) is 4.21 Å². The van der Waals surface area contributed by atoms with Gasteiger partial charge in [0.2, 0.25) is 0 Å². The van der Waals surface area contributed by atoms with E-state index in [0.29, 0.717) is 5.82 Å². The monoisotopic (exact) mass is 320 g/mol. The Hall–Kier alpha value is -2.19. The van der Waals surface area contributed by atoms with Gasteiger partial charge in [-0.3, -0.25) is 9.71 Å². The fourth-order valence-electron chi connectivity index (χ4n) is 1.86. The highest BCUT2D eigenvalue weighted by Gasteiger charge is 2.18. The van der Waals surface area contributed by atoms with Gasteiger partial charge in [-0.05, 0) is 30.5 Å². The molecule has 0 aliphatic heterocycles. The number of sulfonamides is 1. The van der Waals surface area contributed by atoms with E-state index in [1.54, 1.807) is 59.7 Å². The van der Waals surface area contributed by atoms with Gasteiger partial charge in [-0.15, -0.1) is 11.3 Å². The standard InChI is InChI=1S/C13H12N4O2S2/c1-10-9-12(16-21(18,19)13-3-2-8-20-13)17(15-10)11-4-6-14-7-5-11/h2-9,16H,1H3. The molecule has 0 aliphatic rings. The number of nitrogens with one attached hydrogen (secondary N) is 1. The van der Waals surface area contributed by atoms with Crippen molar-refractivity contribution in [2.24, 2.45) is 0 Å². The van der Waals surface area contributed by atoms with E-state index >= 15 is 0 Å². The molecule has 0 spiro atoms. The minimum absolute atomic E-state index is 0.266. The van der Waals surface area contributed by atoms with Crippen molar-refractivity contribution in [1.82, 2.24) is 14.8 Å². The zero-order chi connectivity index (χ0) is 14.9. The molecular formula is C13H12N4O2S2. The molecule has 8 heteroatoms. The molecule has 6 nitrogen and oxygen atoms in total. The summed E-state index contributed by atoms with van der Waals surface area (Å²) in [7, 11) is -3.60. The Labute approximate surface area is 126 Å². The van der Waals surface area contributed by atoms with E-state index in [0.717, 1.165) is 11.4 Å². The fraction of sp³-hybridized carbons (Fsp3) is 0.0769. The minimum Gasteiger partial charge on any atom is -0.265 e. The number of nitrogens with zero attached hydrogens (tertiary/aromatic N) is 3. The Morgan fingerprint density at radius 2 is 2.00 bits per heavy atom. The molecule has 3 heterocycles. The Kier molecular flexibility index (Phi) is 3.48. The van der Waals surface area contributed by atoms with E-state index in [2.05, 4.69) is 14.8 Å². The molecule has 0 saturated heterocycles. The van der Waals surface area contributed by atoms with Gasteiger partial charge in [-0.25, -0.2) is 13.1 Å². The van der Waals surface area contributed by atoms with Crippen LogP contribution in [0.25, 0.3) is 5.69 Å². The molecule has 0 saturated carbocycles. The van der Waals surface area contributed by atoms with Crippen molar-refractivity contribution in [2.45, 2.75) is 11.1 Å². The second kappa shape index (κ2) is 5.30. The number of aryl methyl sites for hydroxylation is 1. The molecule has 0 atom stereocenters. The molecule has 3 aromatic heterocycles. The maximum Gasteiger partial charge on any atom is 0.272 e. The first-order chi connectivity index (χ1) is 10.1. The van der Waals surface area contributed by atoms with Gasteiger partial charge in [-0.1, -0.05) is 6.07 Å². The van der Waals surface area contributed by atoms with Crippen LogP contribution in [0.5, 0.6) is 0 Å². The number of hydrogen-bond acceptors (Lipinski definition) is 5. The highest BCUT2D eigenvalue weighted by molar-refractivity contribution is 7.94. The molecule has 3 rings (SSSR count). The van der Waals surface area contributed by atoms with Crippen LogP contribution in [0.15, 0.2) is 52.3 Å². The zero-order valence-corrected chi connectivity index (χ0v) is 12.7. The van der Waals surface area contributed by atoms with Crippen LogP contribution < -0.4 is 4.72 Å². The molecule has 0 aliphatic carbocycles. The van der Waals surface area contributed by atoms with Gasteiger partial charge in [-0.2, -0.15) is 5.10 Å². The first-order valence-corrected chi connectivity index (χ1v) is 8.46. The summed E-state index contributed by atoms with van der Waals surface area (Å²) in [4.78, 5) is 3.94. The lowest BCUT2D eigenvalue weighted by Gasteiger charge is -2.09. The van der Waals surface area contributed by atoms with Gasteiger partial charge < -0.3 is 0 Å². The molecule has 0 unspecified atom stereocenters. The van der Waals surface area contributed by atoms with Crippen molar-refractivity contribution in [3.63, 3.8) is 0 Å². The average Bonchev–Trinajstić information content (AvgIpc) is 3.09. The number of rotatable bonds is 4. The summed E-state index contributed by atoms with van der Waals surface area (Å²) < 4.78 is 29.0. The first-order valence-electron chi connectivity index (χ1n) is 6.10.